The summed E-state index contributed by atoms with van der Waals surface area (Å²) in [4.78, 5) is 14.0. The van der Waals surface area contributed by atoms with Crippen LogP contribution in [0.3, 0.4) is 0 Å². The molecule has 0 saturated heterocycles. The first-order valence-corrected chi connectivity index (χ1v) is 4.12. The molecule has 0 unspecified atom stereocenters. The van der Waals surface area contributed by atoms with Crippen molar-refractivity contribution in [2.75, 3.05) is 0 Å². The molecular weight excluding hydrogens is 198 g/mol. The van der Waals surface area contributed by atoms with E-state index in [1.165, 1.54) is 12.1 Å². The summed E-state index contributed by atoms with van der Waals surface area (Å²) in [5.74, 6) is 0.196. The molecule has 6 heteroatoms. The number of benzene rings is 1. The highest BCUT2D eigenvalue weighted by molar-refractivity contribution is 5.82. The summed E-state index contributed by atoms with van der Waals surface area (Å²) in [5.41, 5.74) is 0.405. The molecule has 0 aliphatic heterocycles. The zero-order chi connectivity index (χ0) is 10.8. The fraction of sp³-hybridized carbons (Fsp3) is 0.111. The monoisotopic (exact) mass is 203 g/mol. The van der Waals surface area contributed by atoms with Gasteiger partial charge in [-0.3, -0.25) is 10.1 Å². The zero-order valence-corrected chi connectivity index (χ0v) is 7.51. The van der Waals surface area contributed by atoms with E-state index in [0.29, 0.717) is 5.58 Å². The van der Waals surface area contributed by atoms with Crippen LogP contribution in [0.1, 0.15) is 5.89 Å². The van der Waals surface area contributed by atoms with Crippen LogP contribution in [0.25, 0.3) is 11.1 Å². The van der Waals surface area contributed by atoms with Gasteiger partial charge in [-0.25, -0.2) is 4.98 Å². The van der Waals surface area contributed by atoms with Crippen LogP contribution in [0.2, 0.25) is 0 Å². The van der Waals surface area contributed by atoms with Crippen LogP contribution >= 0.6 is 0 Å². The van der Waals surface area contributed by atoms with E-state index < -0.39 is 4.92 Å². The first kappa shape index (κ1) is 9.15. The van der Waals surface area contributed by atoms with Crippen molar-refractivity contribution in [3.8, 4) is 6.07 Å². The normalized spacial score (nSPS) is 10.1. The van der Waals surface area contributed by atoms with Gasteiger partial charge in [-0.2, -0.15) is 5.26 Å². The maximum Gasteiger partial charge on any atom is 0.298 e. The van der Waals surface area contributed by atoms with Gasteiger partial charge in [-0.1, -0.05) is 6.07 Å². The first-order valence-electron chi connectivity index (χ1n) is 4.12. The van der Waals surface area contributed by atoms with Crippen LogP contribution in [0, 0.1) is 21.4 Å². The number of nitro benzene ring substituents is 1. The molecule has 0 radical (unpaired) electrons. The summed E-state index contributed by atoms with van der Waals surface area (Å²) in [6.07, 6.45) is 0.00579. The predicted molar refractivity (Wildman–Crippen MR) is 50.0 cm³/mol. The number of hydrogen-bond donors (Lipinski definition) is 0. The summed E-state index contributed by atoms with van der Waals surface area (Å²) in [6, 6.07) is 6.31. The Morgan fingerprint density at radius 1 is 1.60 bits per heavy atom. The lowest BCUT2D eigenvalue weighted by molar-refractivity contribution is -0.383. The number of nitrogens with zero attached hydrogens (tertiary/aromatic N) is 3. The number of oxazole rings is 1. The molecule has 0 atom stereocenters. The van der Waals surface area contributed by atoms with Crippen LogP contribution in [0.5, 0.6) is 0 Å². The second kappa shape index (κ2) is 3.38. The number of fused-ring (bicyclic) bond motifs is 1. The Kier molecular flexibility index (Phi) is 2.06. The van der Waals surface area contributed by atoms with E-state index in [0.717, 1.165) is 0 Å². The Balaban J connectivity index is 2.65. The van der Waals surface area contributed by atoms with E-state index in [9.17, 15) is 10.1 Å². The van der Waals surface area contributed by atoms with E-state index in [1.54, 1.807) is 6.07 Å². The molecule has 0 spiro atoms. The fourth-order valence-corrected chi connectivity index (χ4v) is 1.27. The highest BCUT2D eigenvalue weighted by Crippen LogP contribution is 2.25. The molecule has 0 aliphatic rings. The van der Waals surface area contributed by atoms with Crippen molar-refractivity contribution in [2.45, 2.75) is 6.42 Å². The Hall–Kier alpha value is -2.42. The Morgan fingerprint density at radius 3 is 3.07 bits per heavy atom. The lowest BCUT2D eigenvalue weighted by Gasteiger charge is -1.89. The van der Waals surface area contributed by atoms with E-state index in [2.05, 4.69) is 4.98 Å². The molecule has 0 bridgehead atoms. The van der Waals surface area contributed by atoms with Crippen molar-refractivity contribution < 1.29 is 9.34 Å². The second-order valence-corrected chi connectivity index (χ2v) is 2.82. The molecule has 1 aromatic heterocycles. The van der Waals surface area contributed by atoms with E-state index in [-0.39, 0.29) is 23.5 Å². The first-order chi connectivity index (χ1) is 7.22. The zero-order valence-electron chi connectivity index (χ0n) is 7.51. The third-order valence-electron chi connectivity index (χ3n) is 1.87. The smallest absolute Gasteiger partial charge is 0.298 e. The molecule has 0 N–H and O–H groups in total. The van der Waals surface area contributed by atoms with Gasteiger partial charge in [0.1, 0.15) is 6.42 Å². The number of rotatable bonds is 2. The van der Waals surface area contributed by atoms with Crippen molar-refractivity contribution in [3.63, 3.8) is 0 Å². The number of hydrogen-bond acceptors (Lipinski definition) is 5. The molecule has 2 aromatic rings. The Bertz CT molecular complexity index is 567. The highest BCUT2D eigenvalue weighted by atomic mass is 16.6. The molecule has 74 valence electrons. The number of nitriles is 1. The van der Waals surface area contributed by atoms with Gasteiger partial charge in [0.25, 0.3) is 5.69 Å². The molecule has 0 saturated carbocycles. The average Bonchev–Trinajstić information content (AvgIpc) is 2.59. The van der Waals surface area contributed by atoms with Crippen LogP contribution in [0.15, 0.2) is 22.6 Å². The maximum atomic E-state index is 10.6. The summed E-state index contributed by atoms with van der Waals surface area (Å²) in [7, 11) is 0. The van der Waals surface area contributed by atoms with Gasteiger partial charge in [-0.05, 0) is 6.07 Å². The van der Waals surface area contributed by atoms with Crippen molar-refractivity contribution in [1.29, 1.82) is 5.26 Å². The average molecular weight is 203 g/mol. The van der Waals surface area contributed by atoms with Crippen LogP contribution < -0.4 is 0 Å². The van der Waals surface area contributed by atoms with Crippen molar-refractivity contribution in [3.05, 3.63) is 34.2 Å². The predicted octanol–water partition coefficient (Wildman–Crippen LogP) is 1.80. The Labute approximate surface area is 83.9 Å². The molecule has 0 amide bonds. The quantitative estimate of drug-likeness (QED) is 0.548. The van der Waals surface area contributed by atoms with Gasteiger partial charge in [0.2, 0.25) is 5.89 Å². The molecule has 1 heterocycles. The molecule has 1 aromatic carbocycles. The van der Waals surface area contributed by atoms with Gasteiger partial charge in [0, 0.05) is 6.07 Å². The number of non-ortho nitro benzene ring substituents is 1. The van der Waals surface area contributed by atoms with Gasteiger partial charge in [0.05, 0.1) is 11.0 Å². The van der Waals surface area contributed by atoms with Crippen molar-refractivity contribution >= 4 is 16.8 Å². The van der Waals surface area contributed by atoms with Crippen molar-refractivity contribution in [1.82, 2.24) is 4.98 Å². The largest absolute Gasteiger partial charge is 0.439 e. The van der Waals surface area contributed by atoms with Crippen molar-refractivity contribution in [2.24, 2.45) is 0 Å². The summed E-state index contributed by atoms with van der Waals surface area (Å²) >= 11 is 0. The second-order valence-electron chi connectivity index (χ2n) is 2.82. The van der Waals surface area contributed by atoms with Gasteiger partial charge < -0.3 is 4.42 Å². The Morgan fingerprint density at radius 2 is 2.40 bits per heavy atom. The van der Waals surface area contributed by atoms with E-state index in [1.807, 2.05) is 6.07 Å². The van der Waals surface area contributed by atoms with Crippen LogP contribution in [-0.4, -0.2) is 9.91 Å². The lowest BCUT2D eigenvalue weighted by atomic mass is 10.3. The van der Waals surface area contributed by atoms with Gasteiger partial charge in [-0.15, -0.1) is 0 Å². The summed E-state index contributed by atoms with van der Waals surface area (Å²) in [6.45, 7) is 0. The molecule has 2 rings (SSSR count). The number of para-hydroxylation sites is 1. The molecule has 0 aliphatic carbocycles. The van der Waals surface area contributed by atoms with Gasteiger partial charge in [0.15, 0.2) is 11.1 Å². The maximum absolute atomic E-state index is 10.6. The summed E-state index contributed by atoms with van der Waals surface area (Å²) in [5, 5.41) is 19.1. The minimum atomic E-state index is -0.527. The third kappa shape index (κ3) is 1.50. The standard InChI is InChI=1S/C9H5N3O3/c10-5-4-8-11-9-6(12(13)14)2-1-3-7(9)15-8/h1-3H,4H2. The molecular formula is C9H5N3O3. The lowest BCUT2D eigenvalue weighted by Crippen LogP contribution is -1.88. The molecule has 15 heavy (non-hydrogen) atoms. The van der Waals surface area contributed by atoms with Crippen LogP contribution in [-0.2, 0) is 6.42 Å². The SMILES string of the molecule is N#CCc1nc2c([N+](=O)[O-])cccc2o1. The molecule has 6 nitrogen and oxygen atoms in total. The minimum Gasteiger partial charge on any atom is -0.439 e. The van der Waals surface area contributed by atoms with E-state index >= 15 is 0 Å². The van der Waals surface area contributed by atoms with E-state index in [4.69, 9.17) is 9.68 Å². The fourth-order valence-electron chi connectivity index (χ4n) is 1.27. The third-order valence-corrected chi connectivity index (χ3v) is 1.87. The minimum absolute atomic E-state index is 0.00579. The van der Waals surface area contributed by atoms with Gasteiger partial charge >= 0.3 is 0 Å². The topological polar surface area (TPSA) is 93.0 Å². The summed E-state index contributed by atoms with van der Waals surface area (Å²) < 4.78 is 5.16. The molecule has 0 fully saturated rings. The highest BCUT2D eigenvalue weighted by Gasteiger charge is 2.16. The number of nitro groups is 1. The van der Waals surface area contributed by atoms with Crippen LogP contribution in [0.4, 0.5) is 5.69 Å². The number of aromatic nitrogens is 1.